The third kappa shape index (κ3) is 2.75. The van der Waals surface area contributed by atoms with Gasteiger partial charge in [-0.05, 0) is 30.3 Å². The number of hydrogen-bond acceptors (Lipinski definition) is 3. The maximum Gasteiger partial charge on any atom is 0.339 e. The second-order valence-corrected chi connectivity index (χ2v) is 3.92. The van der Waals surface area contributed by atoms with E-state index in [1.165, 1.54) is 30.5 Å². The largest absolute Gasteiger partial charge is 0.478 e. The molecule has 92 valence electrons. The fourth-order valence-electron chi connectivity index (χ4n) is 1.44. The number of nitrogens with zero attached hydrogens (tertiary/aromatic N) is 1. The van der Waals surface area contributed by atoms with Crippen LogP contribution >= 0.6 is 11.6 Å². The lowest BCUT2D eigenvalue weighted by Crippen LogP contribution is -2.04. The zero-order valence-corrected chi connectivity index (χ0v) is 9.78. The lowest BCUT2D eigenvalue weighted by Gasteiger charge is -2.08. The number of anilines is 2. The van der Waals surface area contributed by atoms with Crippen molar-refractivity contribution in [3.8, 4) is 0 Å². The van der Waals surface area contributed by atoms with E-state index in [0.717, 1.165) is 6.07 Å². The van der Waals surface area contributed by atoms with Gasteiger partial charge in [-0.2, -0.15) is 0 Å². The predicted molar refractivity (Wildman–Crippen MR) is 65.9 cm³/mol. The van der Waals surface area contributed by atoms with Crippen LogP contribution in [0.15, 0.2) is 36.5 Å². The molecule has 4 nitrogen and oxygen atoms in total. The average molecular weight is 267 g/mol. The van der Waals surface area contributed by atoms with E-state index in [1.807, 2.05) is 0 Å². The van der Waals surface area contributed by atoms with Crippen molar-refractivity contribution in [1.82, 2.24) is 4.98 Å². The number of carbonyl (C=O) groups is 1. The summed E-state index contributed by atoms with van der Waals surface area (Å²) in [4.78, 5) is 14.9. The van der Waals surface area contributed by atoms with Gasteiger partial charge in [0.1, 0.15) is 17.2 Å². The first kappa shape index (κ1) is 12.3. The molecule has 1 aromatic heterocycles. The molecule has 0 atom stereocenters. The van der Waals surface area contributed by atoms with Gasteiger partial charge in [-0.1, -0.05) is 11.6 Å². The van der Waals surface area contributed by atoms with Crippen LogP contribution in [0.2, 0.25) is 5.02 Å². The molecule has 1 aromatic carbocycles. The molecule has 0 aliphatic heterocycles. The van der Waals surface area contributed by atoms with Crippen LogP contribution in [0, 0.1) is 5.82 Å². The molecule has 0 amide bonds. The average Bonchev–Trinajstić information content (AvgIpc) is 2.27. The summed E-state index contributed by atoms with van der Waals surface area (Å²) in [6, 6.07) is 6.74. The highest BCUT2D eigenvalue weighted by atomic mass is 35.5. The Morgan fingerprint density at radius 3 is 2.83 bits per heavy atom. The predicted octanol–water partition coefficient (Wildman–Crippen LogP) is 3.32. The van der Waals surface area contributed by atoms with Crippen LogP contribution in [-0.4, -0.2) is 16.1 Å². The number of aromatic nitrogens is 1. The molecule has 0 radical (unpaired) electrons. The first-order chi connectivity index (χ1) is 8.56. The van der Waals surface area contributed by atoms with E-state index in [-0.39, 0.29) is 16.4 Å². The molecule has 0 saturated carbocycles. The first-order valence-electron chi connectivity index (χ1n) is 4.97. The molecule has 2 N–H and O–H groups in total. The maximum absolute atomic E-state index is 13.1. The van der Waals surface area contributed by atoms with Crippen molar-refractivity contribution in [2.24, 2.45) is 0 Å². The van der Waals surface area contributed by atoms with Crippen molar-refractivity contribution in [1.29, 1.82) is 0 Å². The molecule has 2 rings (SSSR count). The number of aromatic carboxylic acids is 1. The first-order valence-corrected chi connectivity index (χ1v) is 5.35. The number of hydrogen-bond donors (Lipinski definition) is 2. The highest BCUT2D eigenvalue weighted by molar-refractivity contribution is 6.30. The molecule has 0 saturated heterocycles. The van der Waals surface area contributed by atoms with Crippen molar-refractivity contribution in [3.63, 3.8) is 0 Å². The number of pyridine rings is 1. The Morgan fingerprint density at radius 2 is 2.17 bits per heavy atom. The second-order valence-electron chi connectivity index (χ2n) is 3.49. The molecule has 0 fully saturated rings. The smallest absolute Gasteiger partial charge is 0.339 e. The summed E-state index contributed by atoms with van der Waals surface area (Å²) in [6.07, 6.45) is 1.44. The molecule has 1 heterocycles. The Bertz CT molecular complexity index is 584. The summed E-state index contributed by atoms with van der Waals surface area (Å²) >= 11 is 5.70. The van der Waals surface area contributed by atoms with Crippen molar-refractivity contribution in [3.05, 3.63) is 52.9 Å². The number of rotatable bonds is 3. The maximum atomic E-state index is 13.1. The van der Waals surface area contributed by atoms with E-state index >= 15 is 0 Å². The SMILES string of the molecule is O=C(O)c1cccnc1Nc1cc(F)cc(Cl)c1. The van der Waals surface area contributed by atoms with Crippen molar-refractivity contribution in [2.45, 2.75) is 0 Å². The number of carboxylic acid groups (broad SMARTS) is 1. The number of benzene rings is 1. The van der Waals surface area contributed by atoms with Crippen molar-refractivity contribution in [2.75, 3.05) is 5.32 Å². The molecule has 0 unspecified atom stereocenters. The third-order valence-corrected chi connectivity index (χ3v) is 2.38. The molecule has 0 aliphatic rings. The molecular formula is C12H8ClFN2O2. The van der Waals surface area contributed by atoms with E-state index in [2.05, 4.69) is 10.3 Å². The summed E-state index contributed by atoms with van der Waals surface area (Å²) in [5.41, 5.74) is 0.332. The van der Waals surface area contributed by atoms with Gasteiger partial charge in [0, 0.05) is 16.9 Å². The van der Waals surface area contributed by atoms with Gasteiger partial charge in [0.15, 0.2) is 0 Å². The Hall–Kier alpha value is -2.14. The summed E-state index contributed by atoms with van der Waals surface area (Å²) in [7, 11) is 0. The molecule has 0 bridgehead atoms. The van der Waals surface area contributed by atoms with Crippen LogP contribution in [0.1, 0.15) is 10.4 Å². The molecular weight excluding hydrogens is 259 g/mol. The van der Waals surface area contributed by atoms with E-state index < -0.39 is 11.8 Å². The highest BCUT2D eigenvalue weighted by Gasteiger charge is 2.11. The van der Waals surface area contributed by atoms with Gasteiger partial charge >= 0.3 is 5.97 Å². The topological polar surface area (TPSA) is 62.2 Å². The number of nitrogens with one attached hydrogen (secondary N) is 1. The Balaban J connectivity index is 2.37. The fourth-order valence-corrected chi connectivity index (χ4v) is 1.66. The van der Waals surface area contributed by atoms with Gasteiger partial charge in [0.2, 0.25) is 0 Å². The molecule has 18 heavy (non-hydrogen) atoms. The Kier molecular flexibility index (Phi) is 3.43. The van der Waals surface area contributed by atoms with Crippen LogP contribution < -0.4 is 5.32 Å². The molecule has 6 heteroatoms. The lowest BCUT2D eigenvalue weighted by molar-refractivity contribution is 0.0697. The highest BCUT2D eigenvalue weighted by Crippen LogP contribution is 2.22. The third-order valence-electron chi connectivity index (χ3n) is 2.16. The van der Waals surface area contributed by atoms with Gasteiger partial charge in [0.25, 0.3) is 0 Å². The molecule has 2 aromatic rings. The Labute approximate surface area is 107 Å². The minimum absolute atomic E-state index is 0.00196. The number of halogens is 2. The van der Waals surface area contributed by atoms with Crippen molar-refractivity contribution < 1.29 is 14.3 Å². The Morgan fingerprint density at radius 1 is 1.39 bits per heavy atom. The van der Waals surface area contributed by atoms with Crippen LogP contribution in [0.5, 0.6) is 0 Å². The van der Waals surface area contributed by atoms with E-state index in [0.29, 0.717) is 5.69 Å². The van der Waals surface area contributed by atoms with Gasteiger partial charge < -0.3 is 10.4 Å². The van der Waals surface area contributed by atoms with Crippen molar-refractivity contribution >= 4 is 29.1 Å². The molecule has 0 aliphatic carbocycles. The van der Waals surface area contributed by atoms with Gasteiger partial charge in [-0.25, -0.2) is 14.2 Å². The quantitative estimate of drug-likeness (QED) is 0.895. The van der Waals surface area contributed by atoms with Gasteiger partial charge in [0.05, 0.1) is 0 Å². The van der Waals surface area contributed by atoms with E-state index in [4.69, 9.17) is 16.7 Å². The van der Waals surface area contributed by atoms with Crippen LogP contribution in [-0.2, 0) is 0 Å². The monoisotopic (exact) mass is 266 g/mol. The minimum Gasteiger partial charge on any atom is -0.478 e. The lowest BCUT2D eigenvalue weighted by atomic mass is 10.2. The summed E-state index contributed by atoms with van der Waals surface area (Å²) < 4.78 is 13.1. The normalized spacial score (nSPS) is 10.1. The summed E-state index contributed by atoms with van der Waals surface area (Å²) in [6.45, 7) is 0. The van der Waals surface area contributed by atoms with Crippen LogP contribution in [0.4, 0.5) is 15.9 Å². The van der Waals surface area contributed by atoms with Crippen LogP contribution in [0.3, 0.4) is 0 Å². The van der Waals surface area contributed by atoms with Gasteiger partial charge in [-0.15, -0.1) is 0 Å². The molecule has 0 spiro atoms. The zero-order chi connectivity index (χ0) is 13.1. The fraction of sp³-hybridized carbons (Fsp3) is 0. The summed E-state index contributed by atoms with van der Waals surface area (Å²) in [5.74, 6) is -1.50. The van der Waals surface area contributed by atoms with E-state index in [9.17, 15) is 9.18 Å². The van der Waals surface area contributed by atoms with Gasteiger partial charge in [-0.3, -0.25) is 0 Å². The summed E-state index contributed by atoms with van der Waals surface area (Å²) in [5, 5.41) is 11.9. The minimum atomic E-state index is -1.12. The second kappa shape index (κ2) is 5.01. The van der Waals surface area contributed by atoms with E-state index in [1.54, 1.807) is 0 Å². The standard InChI is InChI=1S/C12H8ClFN2O2/c13-7-4-8(14)6-9(5-7)16-11-10(12(17)18)2-1-3-15-11/h1-6H,(H,15,16)(H,17,18). The number of carboxylic acids is 1. The van der Waals surface area contributed by atoms with Crippen LogP contribution in [0.25, 0.3) is 0 Å². The zero-order valence-electron chi connectivity index (χ0n) is 9.02.